The molecule has 1 heterocycles. The molecule has 0 bridgehead atoms. The zero-order valence-corrected chi connectivity index (χ0v) is 21.3. The third-order valence-corrected chi connectivity index (χ3v) is 7.35. The van der Waals surface area contributed by atoms with E-state index in [1.54, 1.807) is 16.7 Å². The Hall–Kier alpha value is -0.740. The summed E-state index contributed by atoms with van der Waals surface area (Å²) in [6.07, 6.45) is 9.15. The Bertz CT molecular complexity index is 1010. The number of amides is 1. The third kappa shape index (κ3) is 4.87. The molecule has 0 radical (unpaired) electrons. The van der Waals surface area contributed by atoms with Gasteiger partial charge in [0.2, 0.25) is 0 Å². The maximum atomic E-state index is 13.0. The van der Waals surface area contributed by atoms with E-state index in [1.165, 1.54) is 11.8 Å². The fourth-order valence-corrected chi connectivity index (χ4v) is 6.39. The van der Waals surface area contributed by atoms with Gasteiger partial charge in [0.15, 0.2) is 4.32 Å². The number of carbonyl (C=O) groups excluding carboxylic acids is 1. The van der Waals surface area contributed by atoms with Crippen LogP contribution < -0.4 is 9.64 Å². The molecule has 1 aliphatic heterocycles. The molecule has 1 saturated heterocycles. The van der Waals surface area contributed by atoms with Crippen LogP contribution in [0.15, 0.2) is 46.2 Å². The number of thioether (sulfide) groups is 2. The Balaban J connectivity index is 1.90. The second-order valence-electron chi connectivity index (χ2n) is 5.53. The first-order chi connectivity index (χ1) is 13.4. The van der Waals surface area contributed by atoms with Gasteiger partial charge in [-0.05, 0) is 93.4 Å². The lowest BCUT2D eigenvalue weighted by atomic mass is 10.2. The summed E-state index contributed by atoms with van der Waals surface area (Å²) < 4.78 is 8.01. The molecule has 0 atom stereocenters. The van der Waals surface area contributed by atoms with E-state index in [1.807, 2.05) is 48.7 Å². The van der Waals surface area contributed by atoms with Crippen molar-refractivity contribution in [3.63, 3.8) is 0 Å². The molecule has 1 aliphatic rings. The van der Waals surface area contributed by atoms with Gasteiger partial charge in [-0.1, -0.05) is 36.0 Å². The summed E-state index contributed by atoms with van der Waals surface area (Å²) in [6.45, 7) is 0.221. The number of rotatable bonds is 5. The molecule has 0 saturated carbocycles. The maximum Gasteiger partial charge on any atom is 0.270 e. The van der Waals surface area contributed by atoms with Crippen molar-refractivity contribution < 1.29 is 9.53 Å². The number of nitrogens with zero attached hydrogens (tertiary/aromatic N) is 1. The first kappa shape index (κ1) is 22.0. The van der Waals surface area contributed by atoms with Crippen LogP contribution in [0.2, 0.25) is 0 Å². The minimum atomic E-state index is -0.106. The van der Waals surface area contributed by atoms with Crippen LogP contribution in [0.5, 0.6) is 5.75 Å². The number of hydrogen-bond donors (Lipinski definition) is 0. The highest BCUT2D eigenvalue weighted by Crippen LogP contribution is 2.38. The molecule has 0 unspecified atom stereocenters. The molecular formula is C20H13I2NO2S3. The lowest BCUT2D eigenvalue weighted by molar-refractivity contribution is -0.113. The largest absolute Gasteiger partial charge is 0.479 e. The van der Waals surface area contributed by atoms with E-state index < -0.39 is 0 Å². The first-order valence-electron chi connectivity index (χ1n) is 7.92. The summed E-state index contributed by atoms with van der Waals surface area (Å²) in [5.41, 5.74) is 1.71. The number of thiocarbonyl (C=S) groups is 1. The van der Waals surface area contributed by atoms with E-state index in [2.05, 4.69) is 51.1 Å². The van der Waals surface area contributed by atoms with Crippen molar-refractivity contribution in [2.24, 2.45) is 0 Å². The van der Waals surface area contributed by atoms with Gasteiger partial charge in [0, 0.05) is 4.90 Å². The second kappa shape index (κ2) is 9.84. The molecular weight excluding hydrogens is 636 g/mol. The molecule has 3 nitrogen and oxygen atoms in total. The molecule has 28 heavy (non-hydrogen) atoms. The van der Waals surface area contributed by atoms with Crippen molar-refractivity contribution in [3.8, 4) is 18.1 Å². The molecule has 0 aliphatic carbocycles. The van der Waals surface area contributed by atoms with Crippen molar-refractivity contribution in [3.05, 3.63) is 54.0 Å². The summed E-state index contributed by atoms with van der Waals surface area (Å²) in [5.74, 6) is 3.13. The Morgan fingerprint density at radius 1 is 1.32 bits per heavy atom. The van der Waals surface area contributed by atoms with Crippen LogP contribution >= 0.6 is 80.9 Å². The number of carbonyl (C=O) groups is 1. The molecule has 0 spiro atoms. The van der Waals surface area contributed by atoms with Crippen LogP contribution in [-0.2, 0) is 4.79 Å². The second-order valence-corrected chi connectivity index (χ2v) is 10.4. The minimum absolute atomic E-state index is 0.106. The maximum absolute atomic E-state index is 13.0. The van der Waals surface area contributed by atoms with Crippen molar-refractivity contribution in [2.75, 3.05) is 17.8 Å². The van der Waals surface area contributed by atoms with Crippen LogP contribution in [-0.4, -0.2) is 23.1 Å². The summed E-state index contributed by atoms with van der Waals surface area (Å²) in [6, 6.07) is 11.8. The van der Waals surface area contributed by atoms with Gasteiger partial charge in [-0.25, -0.2) is 0 Å². The highest BCUT2D eigenvalue weighted by atomic mass is 127. The molecule has 2 aromatic rings. The smallest absolute Gasteiger partial charge is 0.270 e. The van der Waals surface area contributed by atoms with Gasteiger partial charge in [0.05, 0.1) is 17.7 Å². The van der Waals surface area contributed by atoms with Gasteiger partial charge < -0.3 is 4.74 Å². The Morgan fingerprint density at radius 3 is 2.68 bits per heavy atom. The monoisotopic (exact) mass is 649 g/mol. The van der Waals surface area contributed by atoms with E-state index in [0.29, 0.717) is 9.23 Å². The SMILES string of the molecule is C#CCOc1c(I)cc(/C=C2\SC(=S)N(c3cccc(SC)c3)C2=O)cc1I. The van der Waals surface area contributed by atoms with Crippen LogP contribution in [0.3, 0.4) is 0 Å². The van der Waals surface area contributed by atoms with Gasteiger partial charge >= 0.3 is 0 Å². The lowest BCUT2D eigenvalue weighted by Crippen LogP contribution is -2.27. The fourth-order valence-electron chi connectivity index (χ4n) is 2.51. The fraction of sp³-hybridized carbons (Fsp3) is 0.100. The number of anilines is 1. The van der Waals surface area contributed by atoms with Gasteiger partial charge in [0.1, 0.15) is 12.4 Å². The van der Waals surface area contributed by atoms with Gasteiger partial charge in [-0.2, -0.15) is 0 Å². The molecule has 1 fully saturated rings. The van der Waals surface area contributed by atoms with E-state index in [0.717, 1.165) is 29.0 Å². The predicted molar refractivity (Wildman–Crippen MR) is 140 cm³/mol. The standard InChI is InChI=1S/C20H13I2NO2S3/c1-3-7-25-18-15(21)8-12(9-16(18)22)10-17-19(24)23(20(26)28-17)13-5-4-6-14(11-13)27-2/h1,4-6,8-11H,7H2,2H3/b17-10-. The topological polar surface area (TPSA) is 29.5 Å². The molecule has 0 aromatic heterocycles. The zero-order valence-electron chi connectivity index (χ0n) is 14.6. The van der Waals surface area contributed by atoms with E-state index in [-0.39, 0.29) is 12.5 Å². The number of benzene rings is 2. The van der Waals surface area contributed by atoms with Crippen molar-refractivity contribution in [2.45, 2.75) is 4.90 Å². The van der Waals surface area contributed by atoms with Gasteiger partial charge in [-0.15, -0.1) is 18.2 Å². The van der Waals surface area contributed by atoms with Crippen molar-refractivity contribution >= 4 is 103 Å². The summed E-state index contributed by atoms with van der Waals surface area (Å²) in [5, 5.41) is 0. The quantitative estimate of drug-likeness (QED) is 0.130. The van der Waals surface area contributed by atoms with Crippen LogP contribution in [0.1, 0.15) is 5.56 Å². The van der Waals surface area contributed by atoms with Gasteiger partial charge in [0.25, 0.3) is 5.91 Å². The van der Waals surface area contributed by atoms with E-state index >= 15 is 0 Å². The highest BCUT2D eigenvalue weighted by molar-refractivity contribution is 14.1. The average Bonchev–Trinajstić information content (AvgIpc) is 2.94. The molecule has 0 N–H and O–H groups in total. The average molecular weight is 649 g/mol. The molecule has 8 heteroatoms. The van der Waals surface area contributed by atoms with Crippen LogP contribution in [0.25, 0.3) is 6.08 Å². The highest BCUT2D eigenvalue weighted by Gasteiger charge is 2.33. The molecule has 1 amide bonds. The van der Waals surface area contributed by atoms with Crippen molar-refractivity contribution in [1.29, 1.82) is 0 Å². The summed E-state index contributed by atoms with van der Waals surface area (Å²) in [7, 11) is 0. The Kier molecular flexibility index (Phi) is 7.72. The minimum Gasteiger partial charge on any atom is -0.479 e. The van der Waals surface area contributed by atoms with Crippen LogP contribution in [0.4, 0.5) is 5.69 Å². The zero-order chi connectivity index (χ0) is 20.3. The first-order valence-corrected chi connectivity index (χ1v) is 12.5. The number of halogens is 2. The number of ether oxygens (including phenoxy) is 1. The van der Waals surface area contributed by atoms with Crippen LogP contribution in [0, 0.1) is 19.5 Å². The van der Waals surface area contributed by atoms with E-state index in [9.17, 15) is 4.79 Å². The summed E-state index contributed by atoms with van der Waals surface area (Å²) >= 11 is 12.8. The number of terminal acetylenes is 1. The predicted octanol–water partition coefficient (Wildman–Crippen LogP) is 6.04. The third-order valence-electron chi connectivity index (χ3n) is 3.72. The molecule has 142 valence electrons. The summed E-state index contributed by atoms with van der Waals surface area (Å²) in [4.78, 5) is 16.3. The van der Waals surface area contributed by atoms with E-state index in [4.69, 9.17) is 23.4 Å². The Labute approximate surface area is 205 Å². The molecule has 3 rings (SSSR count). The Morgan fingerprint density at radius 2 is 2.04 bits per heavy atom. The molecule has 2 aromatic carbocycles. The number of hydrogen-bond acceptors (Lipinski definition) is 5. The van der Waals surface area contributed by atoms with Gasteiger partial charge in [-0.3, -0.25) is 9.69 Å². The lowest BCUT2D eigenvalue weighted by Gasteiger charge is -2.15. The van der Waals surface area contributed by atoms with Crippen molar-refractivity contribution in [1.82, 2.24) is 0 Å². The normalized spacial score (nSPS) is 15.2.